The van der Waals surface area contributed by atoms with Crippen LogP contribution in [0.2, 0.25) is 0 Å². The van der Waals surface area contributed by atoms with Gasteiger partial charge in [0.2, 0.25) is 5.91 Å². The number of carbonyl (C=O) groups excluding carboxylic acids is 3. The second-order valence-electron chi connectivity index (χ2n) is 5.09. The van der Waals surface area contributed by atoms with Gasteiger partial charge in [0.05, 0.1) is 12.5 Å². The fraction of sp³-hybridized carbons (Fsp3) is 0.667. The molecule has 0 aromatic heterocycles. The second kappa shape index (κ2) is 5.89. The van der Waals surface area contributed by atoms with Crippen LogP contribution in [0.4, 0.5) is 4.79 Å². The molecule has 2 rings (SSSR count). The average Bonchev–Trinajstić information content (AvgIpc) is 2.71. The van der Waals surface area contributed by atoms with Gasteiger partial charge in [-0.2, -0.15) is 0 Å². The number of imide groups is 1. The van der Waals surface area contributed by atoms with Gasteiger partial charge in [0.25, 0.3) is 5.91 Å². The zero-order chi connectivity index (χ0) is 14.7. The predicted molar refractivity (Wildman–Crippen MR) is 66.6 cm³/mol. The second-order valence-corrected chi connectivity index (χ2v) is 5.09. The number of nitrogens with zero attached hydrogens (tertiary/aromatic N) is 1. The topological polar surface area (TPSA) is 116 Å². The molecule has 1 aliphatic carbocycles. The lowest BCUT2D eigenvalue weighted by molar-refractivity contribution is -0.143. The fourth-order valence-corrected chi connectivity index (χ4v) is 2.52. The summed E-state index contributed by atoms with van der Waals surface area (Å²) < 4.78 is 0. The molecule has 0 unspecified atom stereocenters. The summed E-state index contributed by atoms with van der Waals surface area (Å²) in [6, 6.07) is -0.640. The van der Waals surface area contributed by atoms with Crippen molar-refractivity contribution in [3.05, 3.63) is 0 Å². The molecule has 4 amide bonds. The van der Waals surface area contributed by atoms with Crippen molar-refractivity contribution in [3.8, 4) is 0 Å². The van der Waals surface area contributed by atoms with Crippen LogP contribution in [0.25, 0.3) is 0 Å². The first-order valence-electron chi connectivity index (χ1n) is 6.57. The summed E-state index contributed by atoms with van der Waals surface area (Å²) in [6.07, 6.45) is 2.26. The van der Waals surface area contributed by atoms with E-state index in [-0.39, 0.29) is 25.0 Å². The van der Waals surface area contributed by atoms with Crippen molar-refractivity contribution >= 4 is 23.8 Å². The minimum Gasteiger partial charge on any atom is -0.481 e. The maximum Gasteiger partial charge on any atom is 0.325 e. The monoisotopic (exact) mass is 283 g/mol. The van der Waals surface area contributed by atoms with E-state index in [1.54, 1.807) is 0 Å². The van der Waals surface area contributed by atoms with Gasteiger partial charge in [-0.15, -0.1) is 0 Å². The molecule has 0 bridgehead atoms. The van der Waals surface area contributed by atoms with Gasteiger partial charge in [0.1, 0.15) is 6.54 Å². The van der Waals surface area contributed by atoms with Crippen LogP contribution in [-0.2, 0) is 14.4 Å². The van der Waals surface area contributed by atoms with Gasteiger partial charge in [0.15, 0.2) is 0 Å². The molecule has 0 atom stereocenters. The van der Waals surface area contributed by atoms with E-state index in [1.165, 1.54) is 0 Å². The molecule has 1 heterocycles. The molecule has 0 aromatic rings. The van der Waals surface area contributed by atoms with E-state index in [9.17, 15) is 19.2 Å². The highest BCUT2D eigenvalue weighted by atomic mass is 16.4. The molecular formula is C12H17N3O5. The average molecular weight is 283 g/mol. The van der Waals surface area contributed by atoms with E-state index in [1.807, 2.05) is 0 Å². The zero-order valence-electron chi connectivity index (χ0n) is 10.9. The van der Waals surface area contributed by atoms with Gasteiger partial charge in [-0.25, -0.2) is 4.79 Å². The van der Waals surface area contributed by atoms with E-state index in [2.05, 4.69) is 10.6 Å². The molecule has 0 aromatic carbocycles. The lowest BCUT2D eigenvalue weighted by atomic mass is 9.86. The molecule has 0 spiro atoms. The van der Waals surface area contributed by atoms with Crippen LogP contribution in [0.3, 0.4) is 0 Å². The maximum atomic E-state index is 11.8. The van der Waals surface area contributed by atoms with Crippen molar-refractivity contribution < 1.29 is 24.3 Å². The van der Waals surface area contributed by atoms with E-state index >= 15 is 0 Å². The van der Waals surface area contributed by atoms with Gasteiger partial charge in [-0.05, 0) is 25.7 Å². The fourth-order valence-electron chi connectivity index (χ4n) is 2.52. The predicted octanol–water partition coefficient (Wildman–Crippen LogP) is -0.702. The Kier molecular flexibility index (Phi) is 4.21. The van der Waals surface area contributed by atoms with E-state index < -0.39 is 23.8 Å². The first kappa shape index (κ1) is 14.3. The Balaban J connectivity index is 1.77. The Labute approximate surface area is 115 Å². The number of hydrogen-bond donors (Lipinski definition) is 3. The van der Waals surface area contributed by atoms with Crippen LogP contribution in [-0.4, -0.2) is 53.0 Å². The molecule has 3 N–H and O–H groups in total. The Bertz CT molecular complexity index is 426. The smallest absolute Gasteiger partial charge is 0.325 e. The normalized spacial score (nSPS) is 26.3. The third kappa shape index (κ3) is 3.25. The molecule has 2 fully saturated rings. The standard InChI is InChI=1S/C12H17N3O5/c16-9(6-15-10(17)5-13-12(15)20)14-8-3-1-7(2-4-8)11(18)19/h7-8H,1-6H2,(H,13,20)(H,14,16)(H,18,19). The summed E-state index contributed by atoms with van der Waals surface area (Å²) in [7, 11) is 0. The quantitative estimate of drug-likeness (QED) is 0.590. The number of carboxylic acids is 1. The maximum absolute atomic E-state index is 11.8. The number of amides is 4. The zero-order valence-corrected chi connectivity index (χ0v) is 10.9. The molecule has 1 saturated carbocycles. The number of rotatable bonds is 4. The van der Waals surface area contributed by atoms with Gasteiger partial charge in [0, 0.05) is 6.04 Å². The first-order valence-corrected chi connectivity index (χ1v) is 6.57. The molecule has 8 heteroatoms. The minimum atomic E-state index is -0.797. The van der Waals surface area contributed by atoms with E-state index in [0.717, 1.165) is 4.90 Å². The Morgan fingerprint density at radius 3 is 2.40 bits per heavy atom. The third-order valence-electron chi connectivity index (χ3n) is 3.68. The van der Waals surface area contributed by atoms with Crippen LogP contribution in [0, 0.1) is 5.92 Å². The van der Waals surface area contributed by atoms with Crippen LogP contribution in [0.5, 0.6) is 0 Å². The summed E-state index contributed by atoms with van der Waals surface area (Å²) >= 11 is 0. The highest BCUT2D eigenvalue weighted by molar-refractivity contribution is 6.04. The van der Waals surface area contributed by atoms with Crippen molar-refractivity contribution in [2.24, 2.45) is 5.92 Å². The molecular weight excluding hydrogens is 266 g/mol. The lowest BCUT2D eigenvalue weighted by Gasteiger charge is -2.27. The number of aliphatic carboxylic acids is 1. The molecule has 8 nitrogen and oxygen atoms in total. The van der Waals surface area contributed by atoms with Gasteiger partial charge < -0.3 is 15.7 Å². The van der Waals surface area contributed by atoms with Crippen LogP contribution in [0.1, 0.15) is 25.7 Å². The third-order valence-corrected chi connectivity index (χ3v) is 3.68. The summed E-state index contributed by atoms with van der Waals surface area (Å²) in [4.78, 5) is 46.1. The highest BCUT2D eigenvalue weighted by Crippen LogP contribution is 2.24. The molecule has 20 heavy (non-hydrogen) atoms. The molecule has 110 valence electrons. The number of urea groups is 1. The van der Waals surface area contributed by atoms with Crippen molar-refractivity contribution in [3.63, 3.8) is 0 Å². The number of nitrogens with one attached hydrogen (secondary N) is 2. The molecule has 1 aliphatic heterocycles. The number of carbonyl (C=O) groups is 4. The Morgan fingerprint density at radius 1 is 1.25 bits per heavy atom. The molecule has 0 radical (unpaired) electrons. The van der Waals surface area contributed by atoms with Crippen molar-refractivity contribution in [2.45, 2.75) is 31.7 Å². The summed E-state index contributed by atoms with van der Waals surface area (Å²) in [5.74, 6) is -1.95. The number of carboxylic acid groups (broad SMARTS) is 1. The van der Waals surface area contributed by atoms with Crippen LogP contribution in [0.15, 0.2) is 0 Å². The van der Waals surface area contributed by atoms with E-state index in [4.69, 9.17) is 5.11 Å². The largest absolute Gasteiger partial charge is 0.481 e. The van der Waals surface area contributed by atoms with Crippen molar-refractivity contribution in [1.29, 1.82) is 0 Å². The van der Waals surface area contributed by atoms with Crippen LogP contribution < -0.4 is 10.6 Å². The van der Waals surface area contributed by atoms with Crippen molar-refractivity contribution in [1.82, 2.24) is 15.5 Å². The lowest BCUT2D eigenvalue weighted by Crippen LogP contribution is -2.45. The highest BCUT2D eigenvalue weighted by Gasteiger charge is 2.31. The summed E-state index contributed by atoms with van der Waals surface area (Å²) in [5, 5.41) is 14.0. The van der Waals surface area contributed by atoms with Gasteiger partial charge in [-0.1, -0.05) is 0 Å². The molecule has 1 saturated heterocycles. The first-order chi connectivity index (χ1) is 9.47. The van der Waals surface area contributed by atoms with Crippen LogP contribution >= 0.6 is 0 Å². The van der Waals surface area contributed by atoms with Gasteiger partial charge in [-0.3, -0.25) is 19.3 Å². The Hall–Kier alpha value is -2.12. The molecule has 2 aliphatic rings. The van der Waals surface area contributed by atoms with Gasteiger partial charge >= 0.3 is 12.0 Å². The number of hydrogen-bond acceptors (Lipinski definition) is 4. The minimum absolute atomic E-state index is 0.0736. The Morgan fingerprint density at radius 2 is 1.90 bits per heavy atom. The summed E-state index contributed by atoms with van der Waals surface area (Å²) in [6.45, 7) is -0.362. The summed E-state index contributed by atoms with van der Waals surface area (Å²) in [5.41, 5.74) is 0. The van der Waals surface area contributed by atoms with Crippen molar-refractivity contribution in [2.75, 3.05) is 13.1 Å². The SMILES string of the molecule is O=C(CN1C(=O)CNC1=O)NC1CCC(C(=O)O)CC1. The van der Waals surface area contributed by atoms with E-state index in [0.29, 0.717) is 25.7 Å².